The molecule has 0 saturated carbocycles. The van der Waals surface area contributed by atoms with Crippen LogP contribution in [0.1, 0.15) is 13.3 Å². The summed E-state index contributed by atoms with van der Waals surface area (Å²) in [6.45, 7) is 2.33. The molecule has 8 heteroatoms. The zero-order valence-corrected chi connectivity index (χ0v) is 9.34. The van der Waals surface area contributed by atoms with Crippen molar-refractivity contribution in [3.8, 4) is 6.01 Å². The van der Waals surface area contributed by atoms with Gasteiger partial charge in [0.25, 0.3) is 14.2 Å². The van der Waals surface area contributed by atoms with Gasteiger partial charge in [-0.1, -0.05) is 12.0 Å². The van der Waals surface area contributed by atoms with Crippen LogP contribution in [0.3, 0.4) is 0 Å². The highest BCUT2D eigenvalue weighted by atomic mass is 35.7. The van der Waals surface area contributed by atoms with Crippen molar-refractivity contribution in [1.82, 2.24) is 14.8 Å². The van der Waals surface area contributed by atoms with Crippen molar-refractivity contribution in [3.63, 3.8) is 0 Å². The summed E-state index contributed by atoms with van der Waals surface area (Å²) < 4.78 is 28.3. The number of aromatic nitrogens is 3. The van der Waals surface area contributed by atoms with Crippen molar-refractivity contribution in [3.05, 3.63) is 0 Å². The van der Waals surface area contributed by atoms with Crippen LogP contribution in [0.15, 0.2) is 5.16 Å². The molecule has 0 spiro atoms. The van der Waals surface area contributed by atoms with Crippen LogP contribution in [-0.4, -0.2) is 30.3 Å². The van der Waals surface area contributed by atoms with Gasteiger partial charge in [-0.15, -0.1) is 5.10 Å². The van der Waals surface area contributed by atoms with E-state index in [0.717, 1.165) is 6.42 Å². The maximum absolute atomic E-state index is 11.0. The van der Waals surface area contributed by atoms with Gasteiger partial charge in [0.1, 0.15) is 0 Å². The van der Waals surface area contributed by atoms with Gasteiger partial charge in [0.05, 0.1) is 7.11 Å². The summed E-state index contributed by atoms with van der Waals surface area (Å²) in [4.78, 5) is 0. The highest BCUT2D eigenvalue weighted by molar-refractivity contribution is 8.13. The van der Waals surface area contributed by atoms with Gasteiger partial charge in [-0.05, 0) is 6.42 Å². The van der Waals surface area contributed by atoms with Crippen molar-refractivity contribution >= 4 is 19.7 Å². The second kappa shape index (κ2) is 4.14. The number of halogens is 1. The molecule has 0 radical (unpaired) electrons. The normalized spacial score (nSPS) is 11.6. The Labute approximate surface area is 86.3 Å². The Balaban J connectivity index is 3.24. The molecule has 0 N–H and O–H groups in total. The largest absolute Gasteiger partial charge is 0.467 e. The molecule has 1 aromatic heterocycles. The lowest BCUT2D eigenvalue weighted by atomic mass is 10.5. The highest BCUT2D eigenvalue weighted by Crippen LogP contribution is 2.18. The minimum absolute atomic E-state index is 0.145. The molecule has 0 aromatic carbocycles. The van der Waals surface area contributed by atoms with E-state index in [4.69, 9.17) is 15.4 Å². The van der Waals surface area contributed by atoms with Gasteiger partial charge in [-0.25, -0.2) is 8.42 Å². The van der Waals surface area contributed by atoms with Crippen molar-refractivity contribution in [2.24, 2.45) is 0 Å². The molecule has 1 rings (SSSR count). The number of ether oxygens (including phenoxy) is 1. The molecule has 0 amide bonds. The van der Waals surface area contributed by atoms with E-state index in [1.54, 1.807) is 0 Å². The molecule has 0 aliphatic carbocycles. The average Bonchev–Trinajstić information content (AvgIpc) is 2.47. The fourth-order valence-corrected chi connectivity index (χ4v) is 1.94. The predicted octanol–water partition coefficient (Wildman–Crippen LogP) is 0.624. The molecule has 14 heavy (non-hydrogen) atoms. The third kappa shape index (κ3) is 2.16. The number of rotatable bonds is 4. The van der Waals surface area contributed by atoms with Gasteiger partial charge in [0, 0.05) is 17.2 Å². The van der Waals surface area contributed by atoms with E-state index in [9.17, 15) is 8.42 Å². The summed E-state index contributed by atoms with van der Waals surface area (Å²) in [5, 5.41) is 6.71. The first-order valence-electron chi connectivity index (χ1n) is 3.92. The van der Waals surface area contributed by atoms with Crippen LogP contribution in [0.5, 0.6) is 6.01 Å². The maximum atomic E-state index is 11.0. The minimum Gasteiger partial charge on any atom is -0.467 e. The first kappa shape index (κ1) is 11.3. The third-order valence-electron chi connectivity index (χ3n) is 1.53. The molecule has 0 atom stereocenters. The van der Waals surface area contributed by atoms with E-state index < -0.39 is 9.05 Å². The van der Waals surface area contributed by atoms with Crippen LogP contribution in [-0.2, 0) is 15.6 Å². The molecule has 0 aliphatic rings. The first-order valence-corrected chi connectivity index (χ1v) is 6.23. The molecular formula is C6H10ClN3O3S. The van der Waals surface area contributed by atoms with Crippen molar-refractivity contribution in [2.45, 2.75) is 25.0 Å². The van der Waals surface area contributed by atoms with E-state index in [0.29, 0.717) is 6.54 Å². The summed E-state index contributed by atoms with van der Waals surface area (Å²) in [5.74, 6) is 0. The molecule has 0 fully saturated rings. The fraction of sp³-hybridized carbons (Fsp3) is 0.667. The topological polar surface area (TPSA) is 74.1 Å². The molecule has 1 heterocycles. The molecule has 0 bridgehead atoms. The lowest BCUT2D eigenvalue weighted by Gasteiger charge is -2.04. The van der Waals surface area contributed by atoms with Crippen molar-refractivity contribution in [2.75, 3.05) is 7.11 Å². The van der Waals surface area contributed by atoms with Gasteiger partial charge in [0.15, 0.2) is 0 Å². The summed E-state index contributed by atoms with van der Waals surface area (Å²) in [5.41, 5.74) is 0. The lowest BCUT2D eigenvalue weighted by Crippen LogP contribution is -2.07. The average molecular weight is 240 g/mol. The van der Waals surface area contributed by atoms with Gasteiger partial charge in [-0.2, -0.15) is 0 Å². The van der Waals surface area contributed by atoms with Crippen LogP contribution < -0.4 is 4.74 Å². The number of nitrogens with zero attached hydrogens (tertiary/aromatic N) is 3. The standard InChI is InChI=1S/C6H10ClN3O3S/c1-3-4-10-5(13-2)8-9-6(10)14(7,11)12/h3-4H2,1-2H3. The van der Waals surface area contributed by atoms with E-state index in [1.165, 1.54) is 11.7 Å². The Morgan fingerprint density at radius 3 is 2.57 bits per heavy atom. The quantitative estimate of drug-likeness (QED) is 0.721. The van der Waals surface area contributed by atoms with Crippen LogP contribution in [0.2, 0.25) is 0 Å². The zero-order chi connectivity index (χ0) is 10.8. The fourth-order valence-electron chi connectivity index (χ4n) is 1.02. The van der Waals surface area contributed by atoms with Gasteiger partial charge in [0.2, 0.25) is 0 Å². The lowest BCUT2D eigenvalue weighted by molar-refractivity contribution is 0.349. The van der Waals surface area contributed by atoms with E-state index in [1.807, 2.05) is 6.92 Å². The molecule has 0 saturated heterocycles. The number of methoxy groups -OCH3 is 1. The molecular weight excluding hydrogens is 230 g/mol. The monoisotopic (exact) mass is 239 g/mol. The van der Waals surface area contributed by atoms with Gasteiger partial charge < -0.3 is 4.74 Å². The SMILES string of the molecule is CCCn1c(OC)nnc1S(=O)(=O)Cl. The molecule has 1 aromatic rings. The molecule has 6 nitrogen and oxygen atoms in total. The Morgan fingerprint density at radius 2 is 2.14 bits per heavy atom. The Kier molecular flexibility index (Phi) is 3.33. The van der Waals surface area contributed by atoms with E-state index >= 15 is 0 Å². The summed E-state index contributed by atoms with van der Waals surface area (Å²) in [7, 11) is 2.69. The number of hydrogen-bond acceptors (Lipinski definition) is 5. The minimum atomic E-state index is -3.86. The second-order valence-electron chi connectivity index (χ2n) is 2.56. The highest BCUT2D eigenvalue weighted by Gasteiger charge is 2.22. The predicted molar refractivity (Wildman–Crippen MR) is 49.9 cm³/mol. The van der Waals surface area contributed by atoms with Crippen molar-refractivity contribution < 1.29 is 13.2 Å². The molecule has 0 aliphatic heterocycles. The first-order chi connectivity index (χ1) is 6.50. The van der Waals surface area contributed by atoms with Crippen LogP contribution in [0.25, 0.3) is 0 Å². The molecule has 80 valence electrons. The smallest absolute Gasteiger partial charge is 0.317 e. The van der Waals surface area contributed by atoms with E-state index in [2.05, 4.69) is 10.2 Å². The maximum Gasteiger partial charge on any atom is 0.317 e. The Bertz CT molecular complexity index is 414. The summed E-state index contributed by atoms with van der Waals surface area (Å²) in [6, 6.07) is 0.145. The third-order valence-corrected chi connectivity index (χ3v) is 2.68. The Hall–Kier alpha value is -0.820. The van der Waals surface area contributed by atoms with Crippen LogP contribution in [0, 0.1) is 0 Å². The molecule has 0 unspecified atom stereocenters. The van der Waals surface area contributed by atoms with Gasteiger partial charge >= 0.3 is 6.01 Å². The van der Waals surface area contributed by atoms with Crippen molar-refractivity contribution in [1.29, 1.82) is 0 Å². The van der Waals surface area contributed by atoms with Crippen LogP contribution >= 0.6 is 10.7 Å². The number of hydrogen-bond donors (Lipinski definition) is 0. The zero-order valence-electron chi connectivity index (χ0n) is 7.77. The second-order valence-corrected chi connectivity index (χ2v) is 5.02. The summed E-state index contributed by atoms with van der Waals surface area (Å²) in [6.07, 6.45) is 0.730. The summed E-state index contributed by atoms with van der Waals surface area (Å²) >= 11 is 0. The van der Waals surface area contributed by atoms with Gasteiger partial charge in [-0.3, -0.25) is 4.57 Å². The Morgan fingerprint density at radius 1 is 1.50 bits per heavy atom. The van der Waals surface area contributed by atoms with E-state index in [-0.39, 0.29) is 11.2 Å². The van der Waals surface area contributed by atoms with Crippen LogP contribution in [0.4, 0.5) is 0 Å².